The zero-order chi connectivity index (χ0) is 13.1. The molecule has 0 fully saturated rings. The first kappa shape index (κ1) is 13.9. The number of hydrogen-bond acceptors (Lipinski definition) is 1. The number of hydrogen-bond donors (Lipinski definition) is 1. The van der Waals surface area contributed by atoms with Crippen LogP contribution in [0.3, 0.4) is 0 Å². The Labute approximate surface area is 128 Å². The summed E-state index contributed by atoms with van der Waals surface area (Å²) in [5, 5.41) is 4.43. The fourth-order valence-electron chi connectivity index (χ4n) is 1.54. The molecule has 0 bridgehead atoms. The molecule has 0 saturated heterocycles. The lowest BCUT2D eigenvalue weighted by atomic mass is 10.2. The summed E-state index contributed by atoms with van der Waals surface area (Å²) in [4.78, 5) is 0. The Bertz CT molecular complexity index is 555. The smallest absolute Gasteiger partial charge is 0.124 e. The molecular formula is C13H9Cl2FIN. The second-order valence-corrected chi connectivity index (χ2v) is 5.79. The minimum atomic E-state index is -0.240. The molecule has 0 aliphatic heterocycles. The van der Waals surface area contributed by atoms with Crippen LogP contribution in [0.4, 0.5) is 10.1 Å². The molecule has 2 aromatic carbocycles. The standard InChI is InChI=1S/C13H9Cl2FIN/c14-9-3-8(4-10(15)5-9)7-18-13-2-1-11(16)6-12(13)17/h1-6,18H,7H2. The highest BCUT2D eigenvalue weighted by Crippen LogP contribution is 2.22. The van der Waals surface area contributed by atoms with E-state index in [1.807, 2.05) is 12.1 Å². The molecule has 0 unspecified atom stereocenters. The summed E-state index contributed by atoms with van der Waals surface area (Å²) < 4.78 is 13.8. The molecule has 18 heavy (non-hydrogen) atoms. The van der Waals surface area contributed by atoms with Gasteiger partial charge in [-0.1, -0.05) is 23.2 Å². The van der Waals surface area contributed by atoms with Crippen molar-refractivity contribution in [3.8, 4) is 0 Å². The van der Waals surface area contributed by atoms with E-state index in [9.17, 15) is 4.39 Å². The average molecular weight is 396 g/mol. The molecule has 0 spiro atoms. The van der Waals surface area contributed by atoms with E-state index in [-0.39, 0.29) is 5.82 Å². The molecule has 0 radical (unpaired) electrons. The third-order valence-electron chi connectivity index (χ3n) is 2.34. The lowest BCUT2D eigenvalue weighted by Gasteiger charge is -2.09. The maximum Gasteiger partial charge on any atom is 0.124 e. The fourth-order valence-corrected chi connectivity index (χ4v) is 2.78. The van der Waals surface area contributed by atoms with Crippen molar-refractivity contribution in [1.82, 2.24) is 0 Å². The fraction of sp³-hybridized carbons (Fsp3) is 0.0769. The van der Waals surface area contributed by atoms with Crippen LogP contribution < -0.4 is 5.32 Å². The Balaban J connectivity index is 2.11. The number of anilines is 1. The van der Waals surface area contributed by atoms with Gasteiger partial charge in [0.15, 0.2) is 0 Å². The first-order valence-corrected chi connectivity index (χ1v) is 7.02. The number of nitrogens with one attached hydrogen (secondary N) is 1. The van der Waals surface area contributed by atoms with E-state index in [4.69, 9.17) is 23.2 Å². The number of halogens is 4. The maximum atomic E-state index is 12.9. The Morgan fingerprint density at radius 2 is 1.72 bits per heavy atom. The van der Waals surface area contributed by atoms with Crippen LogP contribution in [0.15, 0.2) is 36.4 Å². The molecule has 0 saturated carbocycles. The van der Waals surface area contributed by atoms with Gasteiger partial charge in [-0.05, 0) is 64.6 Å². The third kappa shape index (κ3) is 3.73. The van der Waals surface area contributed by atoms with E-state index < -0.39 is 0 Å². The van der Waals surface area contributed by atoms with E-state index in [0.29, 0.717) is 16.6 Å². The van der Waals surface area contributed by atoms with Crippen LogP contribution in [-0.2, 0) is 6.54 Å². The highest BCUT2D eigenvalue weighted by atomic mass is 127. The van der Waals surface area contributed by atoms with Gasteiger partial charge in [-0.2, -0.15) is 0 Å². The topological polar surface area (TPSA) is 12.0 Å². The first-order chi connectivity index (χ1) is 8.54. The lowest BCUT2D eigenvalue weighted by molar-refractivity contribution is 0.627. The van der Waals surface area contributed by atoms with E-state index in [1.54, 1.807) is 12.1 Å². The zero-order valence-electron chi connectivity index (χ0n) is 9.18. The van der Waals surface area contributed by atoms with Gasteiger partial charge in [0, 0.05) is 25.8 Å². The second-order valence-electron chi connectivity index (χ2n) is 3.76. The van der Waals surface area contributed by atoms with Crippen LogP contribution in [0, 0.1) is 9.39 Å². The first-order valence-electron chi connectivity index (χ1n) is 5.18. The molecule has 0 atom stereocenters. The highest BCUT2D eigenvalue weighted by molar-refractivity contribution is 14.1. The number of benzene rings is 2. The van der Waals surface area contributed by atoms with Crippen LogP contribution in [0.5, 0.6) is 0 Å². The third-order valence-corrected chi connectivity index (χ3v) is 3.67. The summed E-state index contributed by atoms with van der Waals surface area (Å²) in [6.45, 7) is 0.585. The van der Waals surface area contributed by atoms with Gasteiger partial charge in [-0.25, -0.2) is 4.39 Å². The van der Waals surface area contributed by atoms with Gasteiger partial charge in [0.05, 0.1) is 0 Å². The van der Waals surface area contributed by atoms with E-state index in [1.165, 1.54) is 12.1 Å². The summed E-state index contributed by atoms with van der Waals surface area (Å²) in [6.07, 6.45) is 0. The van der Waals surface area contributed by atoms with E-state index in [2.05, 4.69) is 27.9 Å². The van der Waals surface area contributed by atoms with E-state index in [0.717, 1.165) is 14.8 Å². The molecule has 0 aliphatic rings. The van der Waals surface area contributed by atoms with Crippen molar-refractivity contribution in [2.45, 2.75) is 6.54 Å². The Kier molecular flexibility index (Phi) is 4.70. The van der Waals surface area contributed by atoms with Crippen LogP contribution in [0.1, 0.15) is 5.56 Å². The van der Waals surface area contributed by atoms with Crippen molar-refractivity contribution in [3.63, 3.8) is 0 Å². The van der Waals surface area contributed by atoms with Gasteiger partial charge in [0.25, 0.3) is 0 Å². The minimum Gasteiger partial charge on any atom is -0.380 e. The Hall–Kier alpha value is -0.520. The second kappa shape index (κ2) is 6.08. The van der Waals surface area contributed by atoms with Crippen molar-refractivity contribution in [3.05, 3.63) is 61.4 Å². The molecule has 0 aromatic heterocycles. The molecule has 2 rings (SSSR count). The van der Waals surface area contributed by atoms with Gasteiger partial charge >= 0.3 is 0 Å². The molecule has 1 N–H and O–H groups in total. The summed E-state index contributed by atoms with van der Waals surface area (Å²) >= 11 is 13.9. The molecule has 0 amide bonds. The average Bonchev–Trinajstić information content (AvgIpc) is 2.26. The molecule has 0 heterocycles. The molecule has 1 nitrogen and oxygen atoms in total. The minimum absolute atomic E-state index is 0.240. The molecule has 2 aromatic rings. The summed E-state index contributed by atoms with van der Waals surface area (Å²) in [5.41, 5.74) is 1.86. The predicted molar refractivity (Wildman–Crippen MR) is 82.9 cm³/mol. The Morgan fingerprint density at radius 3 is 2.33 bits per heavy atom. The SMILES string of the molecule is Fc1ccc(NCc2cc(Cl)cc(Cl)c2)c(I)c1. The van der Waals surface area contributed by atoms with Gasteiger partial charge in [0.1, 0.15) is 5.82 Å². The quantitative estimate of drug-likeness (QED) is 0.690. The normalized spacial score (nSPS) is 10.4. The summed E-state index contributed by atoms with van der Waals surface area (Å²) in [7, 11) is 0. The van der Waals surface area contributed by atoms with Crippen molar-refractivity contribution < 1.29 is 4.39 Å². The molecule has 5 heteroatoms. The predicted octanol–water partition coefficient (Wildman–Crippen LogP) is 5.35. The molecular weight excluding hydrogens is 387 g/mol. The van der Waals surface area contributed by atoms with Crippen molar-refractivity contribution in [2.75, 3.05) is 5.32 Å². The monoisotopic (exact) mass is 395 g/mol. The van der Waals surface area contributed by atoms with Gasteiger partial charge in [0.2, 0.25) is 0 Å². The largest absolute Gasteiger partial charge is 0.380 e. The van der Waals surface area contributed by atoms with Crippen LogP contribution in [-0.4, -0.2) is 0 Å². The molecule has 0 aliphatic carbocycles. The van der Waals surface area contributed by atoms with Crippen molar-refractivity contribution in [2.24, 2.45) is 0 Å². The van der Waals surface area contributed by atoms with Crippen molar-refractivity contribution >= 4 is 51.5 Å². The van der Waals surface area contributed by atoms with Crippen LogP contribution in [0.25, 0.3) is 0 Å². The van der Waals surface area contributed by atoms with Gasteiger partial charge in [-0.15, -0.1) is 0 Å². The van der Waals surface area contributed by atoms with Crippen molar-refractivity contribution in [1.29, 1.82) is 0 Å². The van der Waals surface area contributed by atoms with Crippen LogP contribution in [0.2, 0.25) is 10.0 Å². The number of rotatable bonds is 3. The van der Waals surface area contributed by atoms with E-state index >= 15 is 0 Å². The van der Waals surface area contributed by atoms with Crippen LogP contribution >= 0.6 is 45.8 Å². The summed E-state index contributed by atoms with van der Waals surface area (Å²) in [6, 6.07) is 9.99. The Morgan fingerprint density at radius 1 is 1.06 bits per heavy atom. The zero-order valence-corrected chi connectivity index (χ0v) is 12.9. The highest BCUT2D eigenvalue weighted by Gasteiger charge is 2.02. The lowest BCUT2D eigenvalue weighted by Crippen LogP contribution is -2.01. The van der Waals surface area contributed by atoms with Gasteiger partial charge < -0.3 is 5.32 Å². The molecule has 94 valence electrons. The summed E-state index contributed by atoms with van der Waals surface area (Å²) in [5.74, 6) is -0.240. The van der Waals surface area contributed by atoms with Gasteiger partial charge in [-0.3, -0.25) is 0 Å². The maximum absolute atomic E-state index is 12.9.